The number of hydrogen-bond donors (Lipinski definition) is 1. The van der Waals surface area contributed by atoms with Crippen LogP contribution in [0.3, 0.4) is 0 Å². The number of nitrogens with zero attached hydrogens (tertiary/aromatic N) is 1. The summed E-state index contributed by atoms with van der Waals surface area (Å²) in [6.07, 6.45) is 1.11. The van der Waals surface area contributed by atoms with Crippen molar-refractivity contribution in [3.63, 3.8) is 0 Å². The third-order valence-corrected chi connectivity index (χ3v) is 5.28. The molecule has 0 aliphatic heterocycles. The predicted octanol–water partition coefficient (Wildman–Crippen LogP) is 3.88. The summed E-state index contributed by atoms with van der Waals surface area (Å²) in [6.45, 7) is 8.14. The fraction of sp³-hybridized carbons (Fsp3) is 0.417. The number of amides is 2. The maximum atomic E-state index is 13.2. The van der Waals surface area contributed by atoms with Gasteiger partial charge in [-0.25, -0.2) is 0 Å². The van der Waals surface area contributed by atoms with E-state index in [0.717, 1.165) is 28.9 Å². The van der Waals surface area contributed by atoms with Gasteiger partial charge in [0.25, 0.3) is 0 Å². The molecule has 156 valence electrons. The van der Waals surface area contributed by atoms with E-state index >= 15 is 0 Å². The number of rotatable bonds is 9. The Kier molecular flexibility index (Phi) is 8.25. The fourth-order valence-electron chi connectivity index (χ4n) is 3.05. The summed E-state index contributed by atoms with van der Waals surface area (Å²) >= 11 is 0. The van der Waals surface area contributed by atoms with Gasteiger partial charge in [-0.3, -0.25) is 9.59 Å². The Morgan fingerprint density at radius 1 is 1.07 bits per heavy atom. The second-order valence-corrected chi connectivity index (χ2v) is 7.47. The van der Waals surface area contributed by atoms with Gasteiger partial charge in [0.05, 0.1) is 13.5 Å². The van der Waals surface area contributed by atoms with Crippen molar-refractivity contribution >= 4 is 11.8 Å². The van der Waals surface area contributed by atoms with E-state index in [0.29, 0.717) is 6.54 Å². The number of benzene rings is 2. The molecule has 2 rings (SSSR count). The Bertz CT molecular complexity index is 817. The number of ether oxygens (including phenoxy) is 1. The number of methoxy groups -OCH3 is 1. The standard InChI is InChI=1S/C24H32N2O3/c1-6-18(3)25-24(28)19(4)26(16-20-11-13-22(29-5)14-12-20)23(27)15-21-10-8-7-9-17(21)2/h7-14,18-19H,6,15-16H2,1-5H3,(H,25,28)/t18-,19-/m1/s1. The molecule has 2 aromatic rings. The fourth-order valence-corrected chi connectivity index (χ4v) is 3.05. The predicted molar refractivity (Wildman–Crippen MR) is 116 cm³/mol. The lowest BCUT2D eigenvalue weighted by Gasteiger charge is -2.30. The van der Waals surface area contributed by atoms with Crippen LogP contribution in [0.4, 0.5) is 0 Å². The Hall–Kier alpha value is -2.82. The summed E-state index contributed by atoms with van der Waals surface area (Å²) in [5, 5.41) is 2.99. The summed E-state index contributed by atoms with van der Waals surface area (Å²) in [6, 6.07) is 14.9. The molecular formula is C24H32N2O3. The van der Waals surface area contributed by atoms with Crippen LogP contribution >= 0.6 is 0 Å². The highest BCUT2D eigenvalue weighted by Gasteiger charge is 2.27. The van der Waals surface area contributed by atoms with E-state index in [1.807, 2.05) is 69.3 Å². The van der Waals surface area contributed by atoms with Crippen LogP contribution in [-0.4, -0.2) is 35.9 Å². The van der Waals surface area contributed by atoms with Crippen LogP contribution in [0.2, 0.25) is 0 Å². The Morgan fingerprint density at radius 3 is 2.31 bits per heavy atom. The second-order valence-electron chi connectivity index (χ2n) is 7.47. The lowest BCUT2D eigenvalue weighted by atomic mass is 10.0. The first-order valence-corrected chi connectivity index (χ1v) is 10.1. The largest absolute Gasteiger partial charge is 0.497 e. The smallest absolute Gasteiger partial charge is 0.242 e. The lowest BCUT2D eigenvalue weighted by molar-refractivity contribution is -0.140. The van der Waals surface area contributed by atoms with Gasteiger partial charge >= 0.3 is 0 Å². The lowest BCUT2D eigenvalue weighted by Crippen LogP contribution is -2.49. The van der Waals surface area contributed by atoms with Gasteiger partial charge in [0.2, 0.25) is 11.8 Å². The van der Waals surface area contributed by atoms with Crippen molar-refractivity contribution in [2.75, 3.05) is 7.11 Å². The van der Waals surface area contributed by atoms with Crippen LogP contribution in [0.5, 0.6) is 5.75 Å². The second kappa shape index (κ2) is 10.6. The molecule has 5 heteroatoms. The molecule has 2 atom stereocenters. The SMILES string of the molecule is CC[C@@H](C)NC(=O)[C@@H](C)N(Cc1ccc(OC)cc1)C(=O)Cc1ccccc1C. The molecule has 0 aliphatic rings. The summed E-state index contributed by atoms with van der Waals surface area (Å²) in [4.78, 5) is 27.6. The monoisotopic (exact) mass is 396 g/mol. The molecule has 0 unspecified atom stereocenters. The third kappa shape index (κ3) is 6.34. The van der Waals surface area contributed by atoms with Crippen molar-refractivity contribution in [3.8, 4) is 5.75 Å². The summed E-state index contributed by atoms with van der Waals surface area (Å²) < 4.78 is 5.21. The molecule has 29 heavy (non-hydrogen) atoms. The van der Waals surface area contributed by atoms with E-state index in [2.05, 4.69) is 5.32 Å². The van der Waals surface area contributed by atoms with E-state index in [1.54, 1.807) is 18.9 Å². The number of aryl methyl sites for hydroxylation is 1. The quantitative estimate of drug-likeness (QED) is 0.700. The Balaban J connectivity index is 2.24. The van der Waals surface area contributed by atoms with Crippen LogP contribution < -0.4 is 10.1 Å². The van der Waals surface area contributed by atoms with Crippen LogP contribution in [0, 0.1) is 6.92 Å². The first kappa shape index (κ1) is 22.5. The first-order chi connectivity index (χ1) is 13.8. The van der Waals surface area contributed by atoms with Crippen LogP contribution in [0.25, 0.3) is 0 Å². The molecule has 0 heterocycles. The van der Waals surface area contributed by atoms with E-state index in [-0.39, 0.29) is 24.3 Å². The number of carbonyl (C=O) groups is 2. The first-order valence-electron chi connectivity index (χ1n) is 10.1. The molecule has 1 N–H and O–H groups in total. The van der Waals surface area contributed by atoms with Crippen molar-refractivity contribution in [2.24, 2.45) is 0 Å². The number of nitrogens with one attached hydrogen (secondary N) is 1. The summed E-state index contributed by atoms with van der Waals surface area (Å²) in [7, 11) is 1.62. The van der Waals surface area contributed by atoms with Gasteiger partial charge in [0, 0.05) is 12.6 Å². The molecule has 5 nitrogen and oxygen atoms in total. The van der Waals surface area contributed by atoms with Crippen LogP contribution in [0.1, 0.15) is 43.9 Å². The minimum atomic E-state index is -0.567. The van der Waals surface area contributed by atoms with Crippen molar-refractivity contribution in [1.29, 1.82) is 0 Å². The summed E-state index contributed by atoms with van der Waals surface area (Å²) in [5.41, 5.74) is 3.00. The van der Waals surface area contributed by atoms with E-state index in [1.165, 1.54) is 0 Å². The van der Waals surface area contributed by atoms with Gasteiger partial charge in [-0.1, -0.05) is 43.3 Å². The van der Waals surface area contributed by atoms with Gasteiger partial charge in [0.1, 0.15) is 11.8 Å². The minimum absolute atomic E-state index is 0.0677. The molecule has 2 amide bonds. The molecule has 2 aromatic carbocycles. The molecular weight excluding hydrogens is 364 g/mol. The highest BCUT2D eigenvalue weighted by atomic mass is 16.5. The highest BCUT2D eigenvalue weighted by molar-refractivity contribution is 5.88. The van der Waals surface area contributed by atoms with E-state index in [9.17, 15) is 9.59 Å². The van der Waals surface area contributed by atoms with Crippen molar-refractivity contribution < 1.29 is 14.3 Å². The molecule has 0 aliphatic carbocycles. The van der Waals surface area contributed by atoms with E-state index < -0.39 is 6.04 Å². The molecule has 0 spiro atoms. The van der Waals surface area contributed by atoms with E-state index in [4.69, 9.17) is 4.74 Å². The van der Waals surface area contributed by atoms with Gasteiger partial charge < -0.3 is 15.0 Å². The zero-order chi connectivity index (χ0) is 21.4. The third-order valence-electron chi connectivity index (χ3n) is 5.28. The van der Waals surface area contributed by atoms with Gasteiger partial charge in [0.15, 0.2) is 0 Å². The van der Waals surface area contributed by atoms with Crippen molar-refractivity contribution in [2.45, 2.75) is 59.2 Å². The molecule has 0 aromatic heterocycles. The molecule has 0 bridgehead atoms. The van der Waals surface area contributed by atoms with Gasteiger partial charge in [-0.2, -0.15) is 0 Å². The molecule has 0 saturated carbocycles. The number of carbonyl (C=O) groups excluding carboxylic acids is 2. The Labute approximate surface area is 174 Å². The zero-order valence-electron chi connectivity index (χ0n) is 18.1. The van der Waals surface area contributed by atoms with Gasteiger partial charge in [-0.15, -0.1) is 0 Å². The molecule has 0 fully saturated rings. The molecule has 0 saturated heterocycles. The van der Waals surface area contributed by atoms with Crippen LogP contribution in [-0.2, 0) is 22.6 Å². The normalized spacial score (nSPS) is 12.7. The average Bonchev–Trinajstić information content (AvgIpc) is 2.73. The van der Waals surface area contributed by atoms with Crippen molar-refractivity contribution in [1.82, 2.24) is 10.2 Å². The summed E-state index contributed by atoms with van der Waals surface area (Å²) in [5.74, 6) is 0.557. The van der Waals surface area contributed by atoms with Crippen LogP contribution in [0.15, 0.2) is 48.5 Å². The average molecular weight is 397 g/mol. The maximum absolute atomic E-state index is 13.2. The van der Waals surface area contributed by atoms with Crippen molar-refractivity contribution in [3.05, 3.63) is 65.2 Å². The highest BCUT2D eigenvalue weighted by Crippen LogP contribution is 2.17. The van der Waals surface area contributed by atoms with Gasteiger partial charge in [-0.05, 0) is 56.0 Å². The Morgan fingerprint density at radius 2 is 1.72 bits per heavy atom. The maximum Gasteiger partial charge on any atom is 0.242 e. The number of hydrogen-bond acceptors (Lipinski definition) is 3. The molecule has 0 radical (unpaired) electrons. The minimum Gasteiger partial charge on any atom is -0.497 e. The topological polar surface area (TPSA) is 58.6 Å². The zero-order valence-corrected chi connectivity index (χ0v) is 18.1.